The van der Waals surface area contributed by atoms with Gasteiger partial charge in [0.25, 0.3) is 5.91 Å². The molecule has 7 nitrogen and oxygen atoms in total. The molecule has 0 saturated heterocycles. The summed E-state index contributed by atoms with van der Waals surface area (Å²) in [7, 11) is 1.57. The van der Waals surface area contributed by atoms with E-state index >= 15 is 0 Å². The van der Waals surface area contributed by atoms with Crippen molar-refractivity contribution in [2.24, 2.45) is 0 Å². The Labute approximate surface area is 225 Å². The van der Waals surface area contributed by atoms with Gasteiger partial charge in [0.05, 0.1) is 18.7 Å². The van der Waals surface area contributed by atoms with Crippen molar-refractivity contribution in [2.45, 2.75) is 32.4 Å². The number of methoxy groups -OCH3 is 1. The lowest BCUT2D eigenvalue weighted by molar-refractivity contribution is -0.121. The van der Waals surface area contributed by atoms with Crippen LogP contribution in [0, 0.1) is 5.82 Å². The van der Waals surface area contributed by atoms with Crippen molar-refractivity contribution in [1.82, 2.24) is 15.6 Å². The Morgan fingerprint density at radius 1 is 1.03 bits per heavy atom. The van der Waals surface area contributed by atoms with Crippen LogP contribution in [0.25, 0.3) is 10.9 Å². The molecule has 198 valence electrons. The first-order valence-electron chi connectivity index (χ1n) is 12.6. The quantitative estimate of drug-likeness (QED) is 0.304. The van der Waals surface area contributed by atoms with Gasteiger partial charge < -0.3 is 20.4 Å². The molecule has 0 spiro atoms. The second-order valence-corrected chi connectivity index (χ2v) is 9.64. The van der Waals surface area contributed by atoms with Crippen LogP contribution in [0.4, 0.5) is 4.39 Å². The van der Waals surface area contributed by atoms with Gasteiger partial charge in [0.2, 0.25) is 5.91 Å². The number of fused-ring (bicyclic) bond motifs is 1. The number of rotatable bonds is 8. The molecule has 5 rings (SSSR count). The third-order valence-electron chi connectivity index (χ3n) is 6.94. The van der Waals surface area contributed by atoms with Gasteiger partial charge in [0, 0.05) is 36.7 Å². The average molecular weight is 526 g/mol. The predicted molar refractivity (Wildman–Crippen MR) is 146 cm³/mol. The zero-order chi connectivity index (χ0) is 27.5. The lowest BCUT2D eigenvalue weighted by Crippen LogP contribution is -2.37. The minimum Gasteiger partial charge on any atom is -0.497 e. The van der Waals surface area contributed by atoms with E-state index in [1.807, 2.05) is 42.6 Å². The van der Waals surface area contributed by atoms with Gasteiger partial charge in [-0.3, -0.25) is 14.4 Å². The summed E-state index contributed by atoms with van der Waals surface area (Å²) in [4.78, 5) is 42.1. The highest BCUT2D eigenvalue weighted by Crippen LogP contribution is 2.32. The first-order chi connectivity index (χ1) is 18.8. The molecule has 0 saturated carbocycles. The maximum atomic E-state index is 14.8. The summed E-state index contributed by atoms with van der Waals surface area (Å²) in [5.41, 5.74) is 4.07. The normalized spacial score (nSPS) is 15.3. The molecule has 1 aliphatic heterocycles. The Kier molecular flexibility index (Phi) is 7.27. The standard InChI is InChI=1S/C31H28FN3O4/c1-18-13-28(37)35-30(29(18)27(36)15-20-5-10-26-21(14-20)11-12-33-26)22-6-9-25(32)24(16-22)31(38)34-17-19-3-7-23(39-2)8-4-19/h3-12,14,16,30,33H,13,15,17H2,1-2H3,(H,34,38)(H,35,37). The number of aromatic amines is 1. The molecule has 1 aromatic heterocycles. The molecule has 0 radical (unpaired) electrons. The number of benzene rings is 3. The van der Waals surface area contributed by atoms with Crippen molar-refractivity contribution in [3.63, 3.8) is 0 Å². The summed E-state index contributed by atoms with van der Waals surface area (Å²) in [6, 6.07) is 18.2. The molecule has 8 heteroatoms. The van der Waals surface area contributed by atoms with Gasteiger partial charge in [0.15, 0.2) is 5.78 Å². The van der Waals surface area contributed by atoms with Gasteiger partial charge in [-0.1, -0.05) is 29.8 Å². The first-order valence-corrected chi connectivity index (χ1v) is 12.6. The minimum atomic E-state index is -0.788. The van der Waals surface area contributed by atoms with Gasteiger partial charge in [-0.05, 0) is 71.5 Å². The van der Waals surface area contributed by atoms with Gasteiger partial charge >= 0.3 is 0 Å². The van der Waals surface area contributed by atoms with E-state index in [-0.39, 0.29) is 36.6 Å². The highest BCUT2D eigenvalue weighted by molar-refractivity contribution is 6.02. The monoisotopic (exact) mass is 525 g/mol. The van der Waals surface area contributed by atoms with Crippen LogP contribution in [0.5, 0.6) is 5.75 Å². The molecule has 1 atom stereocenters. The lowest BCUT2D eigenvalue weighted by atomic mass is 9.85. The molecule has 0 fully saturated rings. The van der Waals surface area contributed by atoms with Crippen LogP contribution in [-0.2, 0) is 22.6 Å². The Hall–Kier alpha value is -4.72. The van der Waals surface area contributed by atoms with Crippen molar-refractivity contribution in [3.8, 4) is 5.75 Å². The van der Waals surface area contributed by atoms with Gasteiger partial charge in [-0.15, -0.1) is 0 Å². The maximum absolute atomic E-state index is 14.8. The minimum absolute atomic E-state index is 0.102. The number of nitrogens with one attached hydrogen (secondary N) is 3. The van der Waals surface area contributed by atoms with Crippen molar-refractivity contribution < 1.29 is 23.5 Å². The lowest BCUT2D eigenvalue weighted by Gasteiger charge is -2.28. The number of carbonyl (C=O) groups is 3. The molecule has 0 aliphatic carbocycles. The van der Waals surface area contributed by atoms with Crippen LogP contribution < -0.4 is 15.4 Å². The largest absolute Gasteiger partial charge is 0.497 e. The number of halogens is 1. The van der Waals surface area contributed by atoms with Crippen LogP contribution in [-0.4, -0.2) is 29.7 Å². The number of carbonyl (C=O) groups excluding carboxylic acids is 3. The molecule has 4 aromatic rings. The molecular weight excluding hydrogens is 497 g/mol. The van der Waals surface area contributed by atoms with Crippen LogP contribution in [0.2, 0.25) is 0 Å². The average Bonchev–Trinajstić information content (AvgIpc) is 3.40. The van der Waals surface area contributed by atoms with E-state index in [1.165, 1.54) is 18.2 Å². The van der Waals surface area contributed by atoms with Crippen molar-refractivity contribution in [3.05, 3.63) is 112 Å². The van der Waals surface area contributed by atoms with Crippen LogP contribution >= 0.6 is 0 Å². The fourth-order valence-corrected chi connectivity index (χ4v) is 4.93. The molecule has 3 aromatic carbocycles. The Bertz CT molecular complexity index is 1600. The highest BCUT2D eigenvalue weighted by Gasteiger charge is 2.31. The highest BCUT2D eigenvalue weighted by atomic mass is 19.1. The fourth-order valence-electron chi connectivity index (χ4n) is 4.93. The first kappa shape index (κ1) is 25.9. The molecular formula is C31H28FN3O4. The van der Waals surface area contributed by atoms with Crippen molar-refractivity contribution in [1.29, 1.82) is 0 Å². The molecule has 0 bridgehead atoms. The second kappa shape index (κ2) is 10.9. The topological polar surface area (TPSA) is 100 Å². The number of hydrogen-bond donors (Lipinski definition) is 3. The van der Waals surface area contributed by atoms with Gasteiger partial charge in [-0.2, -0.15) is 0 Å². The summed E-state index contributed by atoms with van der Waals surface area (Å²) in [6.45, 7) is 1.96. The molecule has 39 heavy (non-hydrogen) atoms. The van der Waals surface area contributed by atoms with Crippen LogP contribution in [0.15, 0.2) is 84.1 Å². The third-order valence-corrected chi connectivity index (χ3v) is 6.94. The van der Waals surface area contributed by atoms with E-state index in [1.54, 1.807) is 26.2 Å². The number of hydrogen-bond acceptors (Lipinski definition) is 4. The summed E-state index contributed by atoms with van der Waals surface area (Å²) in [5, 5.41) is 6.61. The second-order valence-electron chi connectivity index (χ2n) is 9.64. The van der Waals surface area contributed by atoms with E-state index in [0.29, 0.717) is 22.5 Å². The Morgan fingerprint density at radius 2 is 1.79 bits per heavy atom. The summed E-state index contributed by atoms with van der Waals surface area (Å²) in [6.07, 6.45) is 2.09. The molecule has 1 unspecified atom stereocenters. The van der Waals surface area contributed by atoms with Crippen molar-refractivity contribution >= 4 is 28.5 Å². The summed E-state index contributed by atoms with van der Waals surface area (Å²) in [5.74, 6) is -0.973. The number of H-pyrrole nitrogens is 1. The third kappa shape index (κ3) is 5.60. The van der Waals surface area contributed by atoms with E-state index in [0.717, 1.165) is 22.0 Å². The van der Waals surface area contributed by atoms with Crippen molar-refractivity contribution in [2.75, 3.05) is 7.11 Å². The number of Topliss-reactive ketones (excluding diaryl/α,β-unsaturated/α-hetero) is 1. The Morgan fingerprint density at radius 3 is 2.56 bits per heavy atom. The molecule has 2 heterocycles. The molecule has 3 N–H and O–H groups in total. The van der Waals surface area contributed by atoms with E-state index in [2.05, 4.69) is 15.6 Å². The zero-order valence-electron chi connectivity index (χ0n) is 21.6. The summed E-state index contributed by atoms with van der Waals surface area (Å²) < 4.78 is 19.9. The van der Waals surface area contributed by atoms with Crippen LogP contribution in [0.3, 0.4) is 0 Å². The smallest absolute Gasteiger partial charge is 0.254 e. The van der Waals surface area contributed by atoms with E-state index in [4.69, 9.17) is 4.74 Å². The number of ether oxygens (including phenoxy) is 1. The Balaban J connectivity index is 1.38. The zero-order valence-corrected chi connectivity index (χ0v) is 21.6. The predicted octanol–water partition coefficient (Wildman–Crippen LogP) is 4.93. The van der Waals surface area contributed by atoms with Crippen LogP contribution in [0.1, 0.15) is 46.4 Å². The fraction of sp³-hybridized carbons (Fsp3) is 0.194. The number of aromatic nitrogens is 1. The summed E-state index contributed by atoms with van der Waals surface area (Å²) >= 11 is 0. The molecule has 2 amide bonds. The van der Waals surface area contributed by atoms with E-state index < -0.39 is 17.8 Å². The molecule has 1 aliphatic rings. The van der Waals surface area contributed by atoms with E-state index in [9.17, 15) is 18.8 Å². The number of amides is 2. The maximum Gasteiger partial charge on any atom is 0.254 e. The number of ketones is 1. The SMILES string of the molecule is COc1ccc(CNC(=O)c2cc(C3NC(=O)CC(C)=C3C(=O)Cc3ccc4[nH]ccc4c3)ccc2F)cc1. The van der Waals surface area contributed by atoms with Gasteiger partial charge in [0.1, 0.15) is 11.6 Å². The van der Waals surface area contributed by atoms with Gasteiger partial charge in [-0.25, -0.2) is 4.39 Å².